The van der Waals surface area contributed by atoms with Crippen molar-refractivity contribution in [2.45, 2.75) is 32.7 Å². The van der Waals surface area contributed by atoms with Gasteiger partial charge in [0.1, 0.15) is 11.4 Å². The fourth-order valence-corrected chi connectivity index (χ4v) is 4.64. The van der Waals surface area contributed by atoms with E-state index in [1.54, 1.807) is 29.8 Å². The molecule has 138 valence electrons. The molecule has 0 radical (unpaired) electrons. The molecule has 3 heterocycles. The minimum atomic E-state index is -0.379. The van der Waals surface area contributed by atoms with Crippen molar-refractivity contribution in [1.29, 1.82) is 0 Å². The average Bonchev–Trinajstić information content (AvgIpc) is 3.03. The molecule has 0 saturated heterocycles. The minimum Gasteiger partial charge on any atom is -0.289 e. The number of amides is 1. The van der Waals surface area contributed by atoms with E-state index in [1.807, 2.05) is 6.07 Å². The lowest BCUT2D eigenvalue weighted by Gasteiger charge is -2.17. The van der Waals surface area contributed by atoms with Gasteiger partial charge in [0, 0.05) is 22.8 Å². The lowest BCUT2D eigenvalue weighted by molar-refractivity contribution is -0.121. The summed E-state index contributed by atoms with van der Waals surface area (Å²) in [4.78, 5) is 35.4. The fraction of sp³-hybridized carbons (Fsp3) is 0.316. The topological polar surface area (TPSA) is 89.2 Å². The first kappa shape index (κ1) is 17.5. The van der Waals surface area contributed by atoms with Gasteiger partial charge in [-0.3, -0.25) is 19.1 Å². The summed E-state index contributed by atoms with van der Waals surface area (Å²) in [6.45, 7) is 2.11. The molecule has 3 aromatic heterocycles. The average molecular weight is 381 g/mol. The van der Waals surface area contributed by atoms with Crippen molar-refractivity contribution in [2.24, 2.45) is 11.0 Å². The van der Waals surface area contributed by atoms with Crippen LogP contribution < -0.4 is 11.0 Å². The Morgan fingerprint density at radius 3 is 3.22 bits per heavy atom. The van der Waals surface area contributed by atoms with Crippen LogP contribution in [-0.4, -0.2) is 26.7 Å². The van der Waals surface area contributed by atoms with Gasteiger partial charge in [0.15, 0.2) is 0 Å². The van der Waals surface area contributed by atoms with Gasteiger partial charge >= 0.3 is 0 Å². The van der Waals surface area contributed by atoms with Crippen molar-refractivity contribution < 1.29 is 4.79 Å². The van der Waals surface area contributed by atoms with Gasteiger partial charge in [-0.25, -0.2) is 10.4 Å². The van der Waals surface area contributed by atoms with Gasteiger partial charge in [0.2, 0.25) is 0 Å². The number of fused-ring (bicyclic) bond motifs is 3. The van der Waals surface area contributed by atoms with E-state index in [0.29, 0.717) is 11.3 Å². The molecule has 0 spiro atoms. The smallest absolute Gasteiger partial charge is 0.262 e. The van der Waals surface area contributed by atoms with Crippen LogP contribution in [0.3, 0.4) is 0 Å². The van der Waals surface area contributed by atoms with Crippen LogP contribution in [0.5, 0.6) is 0 Å². The molecule has 1 aliphatic rings. The van der Waals surface area contributed by atoms with E-state index in [4.69, 9.17) is 0 Å². The summed E-state index contributed by atoms with van der Waals surface area (Å²) in [6, 6.07) is 3.61. The summed E-state index contributed by atoms with van der Waals surface area (Å²) in [7, 11) is 0. The maximum atomic E-state index is 12.9. The SMILES string of the molecule is CC1CCc2c(sc3ncn(CC(=O)NN=Cc4cccnc4)c(=O)c23)C1. The highest BCUT2D eigenvalue weighted by molar-refractivity contribution is 7.18. The molecule has 3 aromatic rings. The Balaban J connectivity index is 1.52. The highest BCUT2D eigenvalue weighted by atomic mass is 32.1. The predicted octanol–water partition coefficient (Wildman–Crippen LogP) is 2.13. The second-order valence-corrected chi connectivity index (χ2v) is 7.87. The Bertz CT molecular complexity index is 1070. The maximum absolute atomic E-state index is 12.9. The molecule has 0 aromatic carbocycles. The van der Waals surface area contributed by atoms with Crippen molar-refractivity contribution in [3.05, 3.63) is 57.2 Å². The van der Waals surface area contributed by atoms with E-state index in [2.05, 4.69) is 27.4 Å². The van der Waals surface area contributed by atoms with E-state index in [0.717, 1.165) is 35.2 Å². The van der Waals surface area contributed by atoms with Crippen LogP contribution in [0.4, 0.5) is 0 Å². The number of hydrazone groups is 1. The molecule has 4 rings (SSSR count). The maximum Gasteiger partial charge on any atom is 0.262 e. The summed E-state index contributed by atoms with van der Waals surface area (Å²) < 4.78 is 1.35. The number of hydrogen-bond donors (Lipinski definition) is 1. The Hall–Kier alpha value is -2.87. The summed E-state index contributed by atoms with van der Waals surface area (Å²) in [6.07, 6.45) is 9.23. The molecular formula is C19H19N5O2S. The lowest BCUT2D eigenvalue weighted by atomic mass is 9.89. The highest BCUT2D eigenvalue weighted by Gasteiger charge is 2.23. The van der Waals surface area contributed by atoms with Crippen molar-refractivity contribution in [2.75, 3.05) is 0 Å². The van der Waals surface area contributed by atoms with Crippen LogP contribution >= 0.6 is 11.3 Å². The fourth-order valence-electron chi connectivity index (χ4n) is 3.30. The molecule has 8 heteroatoms. The number of aromatic nitrogens is 3. The molecule has 0 aliphatic heterocycles. The standard InChI is InChI=1S/C19H19N5O2S/c1-12-4-5-14-15(7-12)27-18-17(14)19(26)24(11-21-18)10-16(25)23-22-9-13-3-2-6-20-8-13/h2-3,6,8-9,11-12H,4-5,7,10H2,1H3,(H,23,25). The van der Waals surface area contributed by atoms with E-state index < -0.39 is 0 Å². The zero-order valence-electron chi connectivity index (χ0n) is 14.9. The van der Waals surface area contributed by atoms with Crippen LogP contribution in [0, 0.1) is 5.92 Å². The van der Waals surface area contributed by atoms with Gasteiger partial charge in [-0.2, -0.15) is 5.10 Å². The number of carbonyl (C=O) groups is 1. The third-order valence-corrected chi connectivity index (χ3v) is 5.85. The number of nitrogens with one attached hydrogen (secondary N) is 1. The van der Waals surface area contributed by atoms with Crippen LogP contribution in [-0.2, 0) is 24.2 Å². The number of aryl methyl sites for hydroxylation is 1. The number of rotatable bonds is 4. The quantitative estimate of drug-likeness (QED) is 0.554. The third-order valence-electron chi connectivity index (χ3n) is 4.68. The number of hydrogen-bond acceptors (Lipinski definition) is 6. The first-order valence-electron chi connectivity index (χ1n) is 8.83. The normalized spacial score (nSPS) is 16.6. The Morgan fingerprint density at radius 1 is 1.52 bits per heavy atom. The van der Waals surface area contributed by atoms with Gasteiger partial charge in [-0.05, 0) is 36.8 Å². The monoisotopic (exact) mass is 381 g/mol. The molecule has 1 atom stereocenters. The molecule has 1 aliphatic carbocycles. The van der Waals surface area contributed by atoms with E-state index in [1.165, 1.54) is 22.0 Å². The van der Waals surface area contributed by atoms with Crippen LogP contribution in [0.15, 0.2) is 40.7 Å². The van der Waals surface area contributed by atoms with Crippen LogP contribution in [0.2, 0.25) is 0 Å². The molecule has 27 heavy (non-hydrogen) atoms. The van der Waals surface area contributed by atoms with Crippen molar-refractivity contribution in [3.63, 3.8) is 0 Å². The van der Waals surface area contributed by atoms with Crippen molar-refractivity contribution in [3.8, 4) is 0 Å². The zero-order valence-corrected chi connectivity index (χ0v) is 15.7. The summed E-state index contributed by atoms with van der Waals surface area (Å²) in [5.41, 5.74) is 4.18. The molecule has 1 N–H and O–H groups in total. The summed E-state index contributed by atoms with van der Waals surface area (Å²) in [5.74, 6) is 0.257. The second kappa shape index (κ2) is 7.40. The van der Waals surface area contributed by atoms with Crippen LogP contribution in [0.25, 0.3) is 10.2 Å². The van der Waals surface area contributed by atoms with Gasteiger partial charge in [0.25, 0.3) is 11.5 Å². The minimum absolute atomic E-state index is 0.118. The summed E-state index contributed by atoms with van der Waals surface area (Å²) >= 11 is 1.60. The van der Waals surface area contributed by atoms with Gasteiger partial charge in [-0.1, -0.05) is 13.0 Å². The molecule has 1 amide bonds. The molecule has 0 bridgehead atoms. The Labute approximate surface area is 159 Å². The first-order valence-corrected chi connectivity index (χ1v) is 9.65. The zero-order chi connectivity index (χ0) is 18.8. The van der Waals surface area contributed by atoms with E-state index in [9.17, 15) is 9.59 Å². The number of thiophene rings is 1. The van der Waals surface area contributed by atoms with Crippen molar-refractivity contribution >= 4 is 33.7 Å². The lowest BCUT2D eigenvalue weighted by Crippen LogP contribution is -2.30. The largest absolute Gasteiger partial charge is 0.289 e. The van der Waals surface area contributed by atoms with Gasteiger partial charge < -0.3 is 0 Å². The van der Waals surface area contributed by atoms with Crippen molar-refractivity contribution in [1.82, 2.24) is 20.0 Å². The second-order valence-electron chi connectivity index (χ2n) is 6.79. The number of carbonyl (C=O) groups excluding carboxylic acids is 1. The predicted molar refractivity (Wildman–Crippen MR) is 105 cm³/mol. The first-order chi connectivity index (χ1) is 13.1. The van der Waals surface area contributed by atoms with Crippen LogP contribution in [0.1, 0.15) is 29.3 Å². The van der Waals surface area contributed by atoms with Gasteiger partial charge in [0.05, 0.1) is 17.9 Å². The molecule has 0 saturated carbocycles. The van der Waals surface area contributed by atoms with Gasteiger partial charge in [-0.15, -0.1) is 11.3 Å². The summed E-state index contributed by atoms with van der Waals surface area (Å²) in [5, 5.41) is 4.58. The third kappa shape index (κ3) is 3.66. The molecule has 0 fully saturated rings. The Kier molecular flexibility index (Phi) is 4.81. The molecule has 1 unspecified atom stereocenters. The van der Waals surface area contributed by atoms with E-state index in [-0.39, 0.29) is 18.0 Å². The molecule has 7 nitrogen and oxygen atoms in total. The highest BCUT2D eigenvalue weighted by Crippen LogP contribution is 2.35. The molecular weight excluding hydrogens is 362 g/mol. The van der Waals surface area contributed by atoms with E-state index >= 15 is 0 Å². The number of nitrogens with zero attached hydrogens (tertiary/aromatic N) is 4. The Morgan fingerprint density at radius 2 is 2.41 bits per heavy atom. The number of pyridine rings is 1.